The Labute approximate surface area is 191 Å². The van der Waals surface area contributed by atoms with Crippen molar-refractivity contribution in [1.82, 2.24) is 19.9 Å². The highest BCUT2D eigenvalue weighted by atomic mass is 16.4. The molecule has 9 heteroatoms. The van der Waals surface area contributed by atoms with Crippen molar-refractivity contribution in [2.45, 2.75) is 45.3 Å². The van der Waals surface area contributed by atoms with Gasteiger partial charge < -0.3 is 20.4 Å². The largest absolute Gasteiger partial charge is 0.508 e. The summed E-state index contributed by atoms with van der Waals surface area (Å²) < 4.78 is 1.29. The molecule has 0 amide bonds. The summed E-state index contributed by atoms with van der Waals surface area (Å²) in [7, 11) is 0. The number of piperidine rings is 1. The Hall–Kier alpha value is -3.43. The number of hydrogen-bond donors (Lipinski definition) is 4. The maximum atomic E-state index is 11.9. The molecule has 0 spiro atoms. The first-order chi connectivity index (χ1) is 15.7. The normalized spacial score (nSPS) is 16.9. The van der Waals surface area contributed by atoms with E-state index in [-0.39, 0.29) is 40.6 Å². The third-order valence-electron chi connectivity index (χ3n) is 5.96. The second-order valence-corrected chi connectivity index (χ2v) is 8.79. The number of likely N-dealkylation sites (tertiary alicyclic amines) is 1. The van der Waals surface area contributed by atoms with Crippen molar-refractivity contribution in [2.75, 3.05) is 13.1 Å². The maximum Gasteiger partial charge on any atom is 0.358 e. The third kappa shape index (κ3) is 4.69. The summed E-state index contributed by atoms with van der Waals surface area (Å²) in [6.45, 7) is 6.07. The predicted octanol–water partition coefficient (Wildman–Crippen LogP) is 3.12. The van der Waals surface area contributed by atoms with Crippen LogP contribution in [0, 0.1) is 0 Å². The van der Waals surface area contributed by atoms with Crippen molar-refractivity contribution in [3.8, 4) is 28.4 Å². The van der Waals surface area contributed by atoms with Crippen LogP contribution in [0.2, 0.25) is 0 Å². The highest BCUT2D eigenvalue weighted by Gasteiger charge is 2.24. The van der Waals surface area contributed by atoms with Crippen molar-refractivity contribution in [2.24, 2.45) is 0 Å². The summed E-state index contributed by atoms with van der Waals surface area (Å²) in [6.07, 6.45) is 1.48. The minimum atomic E-state index is -1.23. The van der Waals surface area contributed by atoms with E-state index in [2.05, 4.69) is 15.2 Å². The van der Waals surface area contributed by atoms with Gasteiger partial charge in [0.15, 0.2) is 5.69 Å². The Balaban J connectivity index is 1.72. The number of aliphatic hydroxyl groups excluding tert-OH is 1. The van der Waals surface area contributed by atoms with Gasteiger partial charge in [0.1, 0.15) is 22.9 Å². The van der Waals surface area contributed by atoms with Crippen molar-refractivity contribution in [1.29, 1.82) is 0 Å². The molecular weight excluding hydrogens is 424 g/mol. The monoisotopic (exact) mass is 452 g/mol. The number of aromatic carboxylic acids is 1. The molecule has 2 aromatic carbocycles. The second-order valence-electron chi connectivity index (χ2n) is 8.79. The lowest BCUT2D eigenvalue weighted by Crippen LogP contribution is -2.37. The minimum Gasteiger partial charge on any atom is -0.508 e. The molecule has 33 heavy (non-hydrogen) atoms. The van der Waals surface area contributed by atoms with Crippen LogP contribution in [-0.4, -0.2) is 65.5 Å². The zero-order valence-electron chi connectivity index (χ0n) is 18.6. The number of benzene rings is 2. The quantitative estimate of drug-likeness (QED) is 0.449. The van der Waals surface area contributed by atoms with Crippen molar-refractivity contribution in [3.63, 3.8) is 0 Å². The topological polar surface area (TPSA) is 132 Å². The van der Waals surface area contributed by atoms with E-state index in [1.807, 2.05) is 26.0 Å². The van der Waals surface area contributed by atoms with Gasteiger partial charge in [-0.3, -0.25) is 4.90 Å². The van der Waals surface area contributed by atoms with Crippen molar-refractivity contribution < 1.29 is 25.2 Å². The van der Waals surface area contributed by atoms with Crippen LogP contribution in [0.15, 0.2) is 36.4 Å². The van der Waals surface area contributed by atoms with Gasteiger partial charge >= 0.3 is 5.97 Å². The lowest BCUT2D eigenvalue weighted by atomic mass is 10.0. The van der Waals surface area contributed by atoms with E-state index in [1.54, 1.807) is 18.2 Å². The number of aromatic hydroxyl groups is 2. The molecule has 1 aliphatic heterocycles. The predicted molar refractivity (Wildman–Crippen MR) is 122 cm³/mol. The molecule has 4 N–H and O–H groups in total. The molecule has 0 saturated carbocycles. The summed E-state index contributed by atoms with van der Waals surface area (Å²) >= 11 is 0. The number of carboxylic acids is 1. The smallest absolute Gasteiger partial charge is 0.358 e. The van der Waals surface area contributed by atoms with Gasteiger partial charge in [-0.15, -0.1) is 5.10 Å². The Morgan fingerprint density at radius 3 is 2.52 bits per heavy atom. The molecule has 0 aliphatic carbocycles. The number of nitrogens with zero attached hydrogens (tertiary/aromatic N) is 4. The lowest BCUT2D eigenvalue weighted by molar-refractivity contribution is 0.0667. The van der Waals surface area contributed by atoms with Crippen LogP contribution in [0.1, 0.15) is 54.2 Å². The van der Waals surface area contributed by atoms with Crippen LogP contribution >= 0.6 is 0 Å². The van der Waals surface area contributed by atoms with Gasteiger partial charge in [-0.1, -0.05) is 43.3 Å². The van der Waals surface area contributed by atoms with Crippen LogP contribution in [0.5, 0.6) is 11.5 Å². The van der Waals surface area contributed by atoms with Crippen LogP contribution in [0.3, 0.4) is 0 Å². The lowest BCUT2D eigenvalue weighted by Gasteiger charge is -2.30. The van der Waals surface area contributed by atoms with E-state index < -0.39 is 5.97 Å². The average molecular weight is 453 g/mol. The van der Waals surface area contributed by atoms with Crippen LogP contribution in [0.25, 0.3) is 16.9 Å². The van der Waals surface area contributed by atoms with E-state index in [9.17, 15) is 25.2 Å². The van der Waals surface area contributed by atoms with Gasteiger partial charge in [0, 0.05) is 24.7 Å². The van der Waals surface area contributed by atoms with E-state index >= 15 is 0 Å². The zero-order chi connectivity index (χ0) is 23.7. The molecular formula is C24H28N4O5. The first-order valence-electron chi connectivity index (χ1n) is 11.0. The van der Waals surface area contributed by atoms with Gasteiger partial charge in [0.05, 0.1) is 6.10 Å². The number of rotatable bonds is 6. The highest BCUT2D eigenvalue weighted by Crippen LogP contribution is 2.36. The second kappa shape index (κ2) is 9.21. The summed E-state index contributed by atoms with van der Waals surface area (Å²) in [6, 6.07) is 10.3. The van der Waals surface area contributed by atoms with Gasteiger partial charge in [0.25, 0.3) is 0 Å². The van der Waals surface area contributed by atoms with Crippen molar-refractivity contribution >= 4 is 5.97 Å². The van der Waals surface area contributed by atoms with E-state index in [0.29, 0.717) is 24.2 Å². The minimum absolute atomic E-state index is 0.0251. The number of carboxylic acid groups (broad SMARTS) is 1. The average Bonchev–Trinajstić information content (AvgIpc) is 3.19. The molecule has 1 fully saturated rings. The van der Waals surface area contributed by atoms with E-state index in [0.717, 1.165) is 24.9 Å². The number of β-amino-alcohol motifs (C(OH)–C–C–N with tert-alkyl or cyclic N) is 1. The number of phenols is 2. The van der Waals surface area contributed by atoms with Gasteiger partial charge in [-0.2, -0.15) is 0 Å². The Kier molecular flexibility index (Phi) is 6.35. The molecule has 1 aromatic heterocycles. The Morgan fingerprint density at radius 1 is 1.15 bits per heavy atom. The third-order valence-corrected chi connectivity index (χ3v) is 5.96. The first-order valence-corrected chi connectivity index (χ1v) is 11.0. The Morgan fingerprint density at radius 2 is 1.88 bits per heavy atom. The molecule has 1 atom stereocenters. The summed E-state index contributed by atoms with van der Waals surface area (Å²) in [5, 5.41) is 48.1. The summed E-state index contributed by atoms with van der Waals surface area (Å²) in [5.74, 6) is -1.54. The molecule has 1 aliphatic rings. The Bertz CT molecular complexity index is 1160. The fraction of sp³-hybridized carbons (Fsp3) is 0.375. The standard InChI is InChI=1S/C24H28N4O5/c1-14(2)18-10-19(21(31)11-20(18)30)28-23(22(24(32)33)25-26-28)16-7-5-15(6-8-16)12-27-9-3-4-17(29)13-27/h5-8,10-11,14,17,29-31H,3-4,9,12-13H2,1-2H3,(H,32,33). The van der Waals surface area contributed by atoms with Gasteiger partial charge in [-0.05, 0) is 42.5 Å². The molecule has 2 heterocycles. The fourth-order valence-electron chi connectivity index (χ4n) is 4.27. The molecule has 0 bridgehead atoms. The van der Waals surface area contributed by atoms with Crippen LogP contribution < -0.4 is 0 Å². The fourth-order valence-corrected chi connectivity index (χ4v) is 4.27. The van der Waals surface area contributed by atoms with Gasteiger partial charge in [-0.25, -0.2) is 9.48 Å². The number of hydrogen-bond acceptors (Lipinski definition) is 7. The van der Waals surface area contributed by atoms with Crippen molar-refractivity contribution in [3.05, 3.63) is 53.2 Å². The first kappa shape index (κ1) is 22.8. The summed E-state index contributed by atoms with van der Waals surface area (Å²) in [4.78, 5) is 14.1. The van der Waals surface area contributed by atoms with E-state index in [1.165, 1.54) is 10.7 Å². The molecule has 4 rings (SSSR count). The SMILES string of the molecule is CC(C)c1cc(-n2nnc(C(=O)O)c2-c2ccc(CN3CCCC(O)C3)cc2)c(O)cc1O. The molecule has 174 valence electrons. The number of phenolic OH excluding ortho intramolecular Hbond substituents is 2. The molecule has 0 radical (unpaired) electrons. The van der Waals surface area contributed by atoms with Crippen LogP contribution in [0.4, 0.5) is 0 Å². The maximum absolute atomic E-state index is 11.9. The van der Waals surface area contributed by atoms with Gasteiger partial charge in [0.2, 0.25) is 0 Å². The van der Waals surface area contributed by atoms with E-state index in [4.69, 9.17) is 0 Å². The number of aliphatic hydroxyl groups is 1. The zero-order valence-corrected chi connectivity index (χ0v) is 18.6. The molecule has 1 unspecified atom stereocenters. The highest BCUT2D eigenvalue weighted by molar-refractivity contribution is 5.93. The van der Waals surface area contributed by atoms with Crippen LogP contribution in [-0.2, 0) is 6.54 Å². The molecule has 1 saturated heterocycles. The number of aromatic nitrogens is 3. The molecule has 3 aromatic rings. The molecule has 9 nitrogen and oxygen atoms in total. The summed E-state index contributed by atoms with van der Waals surface area (Å²) in [5.41, 5.74) is 2.45. The number of carbonyl (C=O) groups is 1.